The highest BCUT2D eigenvalue weighted by molar-refractivity contribution is 6.00. The van der Waals surface area contributed by atoms with Gasteiger partial charge in [-0.15, -0.1) is 0 Å². The normalized spacial score (nSPS) is 25.6. The molecule has 3 rings (SSSR count). The number of carbonyl (C=O) groups excluding carboxylic acids is 1. The Morgan fingerprint density at radius 2 is 2.28 bits per heavy atom. The number of amides is 1. The number of anilines is 1. The van der Waals surface area contributed by atoms with Crippen LogP contribution in [0, 0.1) is 11.7 Å². The molecular formula is C13H16FN3O. The average Bonchev–Trinajstić information content (AvgIpc) is 2.99. The molecule has 96 valence electrons. The van der Waals surface area contributed by atoms with Crippen molar-refractivity contribution >= 4 is 11.6 Å². The van der Waals surface area contributed by atoms with Crippen molar-refractivity contribution in [1.29, 1.82) is 0 Å². The molecule has 1 aromatic rings. The molecule has 0 aromatic heterocycles. The Morgan fingerprint density at radius 3 is 2.89 bits per heavy atom. The van der Waals surface area contributed by atoms with Gasteiger partial charge in [0.2, 0.25) is 0 Å². The number of hydrazine groups is 1. The van der Waals surface area contributed by atoms with Crippen molar-refractivity contribution in [2.45, 2.75) is 25.3 Å². The fourth-order valence-electron chi connectivity index (χ4n) is 3.18. The van der Waals surface area contributed by atoms with Crippen LogP contribution in [0.1, 0.15) is 29.6 Å². The Kier molecular flexibility index (Phi) is 2.70. The number of rotatable bonds is 2. The lowest BCUT2D eigenvalue weighted by Crippen LogP contribution is -2.38. The Morgan fingerprint density at radius 1 is 1.44 bits per heavy atom. The molecule has 1 heterocycles. The molecule has 3 N–H and O–H groups in total. The number of nitrogens with one attached hydrogen (secondary N) is 1. The minimum Gasteiger partial charge on any atom is -0.335 e. The van der Waals surface area contributed by atoms with Gasteiger partial charge in [0.25, 0.3) is 5.91 Å². The zero-order valence-electron chi connectivity index (χ0n) is 10.0. The highest BCUT2D eigenvalue weighted by Crippen LogP contribution is 2.38. The molecular weight excluding hydrogens is 233 g/mol. The van der Waals surface area contributed by atoms with E-state index in [1.165, 1.54) is 18.6 Å². The third kappa shape index (κ3) is 1.66. The van der Waals surface area contributed by atoms with Crippen molar-refractivity contribution in [3.63, 3.8) is 0 Å². The number of nitrogen functional groups attached to an aromatic ring is 1. The molecule has 0 radical (unpaired) electrons. The lowest BCUT2D eigenvalue weighted by Gasteiger charge is -2.27. The van der Waals surface area contributed by atoms with Crippen molar-refractivity contribution in [3.05, 3.63) is 29.6 Å². The van der Waals surface area contributed by atoms with Crippen molar-refractivity contribution in [2.75, 3.05) is 12.0 Å². The second-order valence-electron chi connectivity index (χ2n) is 5.10. The first-order valence-corrected chi connectivity index (χ1v) is 6.27. The summed E-state index contributed by atoms with van der Waals surface area (Å²) in [5.74, 6) is 5.32. The maximum absolute atomic E-state index is 13.6. The van der Waals surface area contributed by atoms with Crippen molar-refractivity contribution in [1.82, 2.24) is 4.90 Å². The number of benzene rings is 1. The van der Waals surface area contributed by atoms with Gasteiger partial charge in [-0.3, -0.25) is 10.6 Å². The zero-order chi connectivity index (χ0) is 12.7. The fourth-order valence-corrected chi connectivity index (χ4v) is 3.18. The van der Waals surface area contributed by atoms with Gasteiger partial charge >= 0.3 is 0 Å². The van der Waals surface area contributed by atoms with Gasteiger partial charge in [-0.25, -0.2) is 4.39 Å². The molecule has 2 aliphatic rings. The summed E-state index contributed by atoms with van der Waals surface area (Å²) in [7, 11) is 0. The first kappa shape index (κ1) is 11.5. The van der Waals surface area contributed by atoms with Crippen LogP contribution >= 0.6 is 0 Å². The summed E-state index contributed by atoms with van der Waals surface area (Å²) in [6.45, 7) is 0.796. The lowest BCUT2D eigenvalue weighted by molar-refractivity contribution is 0.0704. The van der Waals surface area contributed by atoms with E-state index >= 15 is 0 Å². The molecule has 1 aliphatic heterocycles. The second-order valence-corrected chi connectivity index (χ2v) is 5.10. The van der Waals surface area contributed by atoms with Gasteiger partial charge in [0.15, 0.2) is 0 Å². The van der Waals surface area contributed by atoms with E-state index in [4.69, 9.17) is 5.84 Å². The maximum atomic E-state index is 13.6. The minimum atomic E-state index is -0.493. The third-order valence-electron chi connectivity index (χ3n) is 4.06. The standard InChI is InChI=1S/C13H16FN3O/c14-11-3-1-2-10(12(11)16-15)13(18)17-7-8-4-5-9(17)6-8/h1-3,8-9,16H,4-7,15H2. The fraction of sp³-hybridized carbons (Fsp3) is 0.462. The summed E-state index contributed by atoms with van der Waals surface area (Å²) in [5, 5.41) is 0. The van der Waals surface area contributed by atoms with Crippen LogP contribution in [-0.4, -0.2) is 23.4 Å². The van der Waals surface area contributed by atoms with Crippen molar-refractivity contribution in [3.8, 4) is 0 Å². The molecule has 18 heavy (non-hydrogen) atoms. The number of hydrogen-bond acceptors (Lipinski definition) is 3. The maximum Gasteiger partial charge on any atom is 0.256 e. The Balaban J connectivity index is 1.91. The first-order chi connectivity index (χ1) is 8.70. The molecule has 2 atom stereocenters. The summed E-state index contributed by atoms with van der Waals surface area (Å²) in [5.41, 5.74) is 2.70. The van der Waals surface area contributed by atoms with Crippen molar-refractivity contribution in [2.24, 2.45) is 11.8 Å². The van der Waals surface area contributed by atoms with Gasteiger partial charge in [0, 0.05) is 12.6 Å². The molecule has 1 aromatic carbocycles. The molecule has 5 heteroatoms. The van der Waals surface area contributed by atoms with Crippen LogP contribution in [-0.2, 0) is 0 Å². The first-order valence-electron chi connectivity index (χ1n) is 6.27. The van der Waals surface area contributed by atoms with Crippen molar-refractivity contribution < 1.29 is 9.18 Å². The van der Waals surface area contributed by atoms with E-state index in [-0.39, 0.29) is 11.6 Å². The van der Waals surface area contributed by atoms with E-state index in [0.717, 1.165) is 19.4 Å². The second kappa shape index (κ2) is 4.24. The summed E-state index contributed by atoms with van der Waals surface area (Å²) >= 11 is 0. The molecule has 1 aliphatic carbocycles. The van der Waals surface area contributed by atoms with Crippen LogP contribution in [0.3, 0.4) is 0 Å². The smallest absolute Gasteiger partial charge is 0.256 e. The SMILES string of the molecule is NNc1c(F)cccc1C(=O)N1CC2CCC1C2. The number of piperidine rings is 1. The predicted molar refractivity (Wildman–Crippen MR) is 66.4 cm³/mol. The van der Waals surface area contributed by atoms with E-state index in [1.54, 1.807) is 6.07 Å². The summed E-state index contributed by atoms with van der Waals surface area (Å²) in [6, 6.07) is 4.78. The van der Waals surface area contributed by atoms with E-state index in [1.807, 2.05) is 4.90 Å². The molecule has 0 spiro atoms. The average molecular weight is 249 g/mol. The quantitative estimate of drug-likeness (QED) is 0.620. The van der Waals surface area contributed by atoms with Crippen LogP contribution in [0.5, 0.6) is 0 Å². The van der Waals surface area contributed by atoms with Crippen LogP contribution in [0.2, 0.25) is 0 Å². The van der Waals surface area contributed by atoms with Crippen LogP contribution in [0.4, 0.5) is 10.1 Å². The Bertz CT molecular complexity index is 491. The Hall–Kier alpha value is -1.62. The zero-order valence-corrected chi connectivity index (χ0v) is 10.0. The van der Waals surface area contributed by atoms with E-state index in [2.05, 4.69) is 5.43 Å². The Labute approximate surface area is 105 Å². The molecule has 1 amide bonds. The van der Waals surface area contributed by atoms with E-state index in [0.29, 0.717) is 17.5 Å². The van der Waals surface area contributed by atoms with Gasteiger partial charge in [-0.1, -0.05) is 6.07 Å². The highest BCUT2D eigenvalue weighted by atomic mass is 19.1. The molecule has 2 fully saturated rings. The third-order valence-corrected chi connectivity index (χ3v) is 4.06. The number of fused-ring (bicyclic) bond motifs is 2. The molecule has 2 bridgehead atoms. The molecule has 1 saturated carbocycles. The summed E-state index contributed by atoms with van der Waals surface area (Å²) < 4.78 is 13.6. The van der Waals surface area contributed by atoms with Gasteiger partial charge in [-0.2, -0.15) is 0 Å². The number of nitrogens with zero attached hydrogens (tertiary/aromatic N) is 1. The number of hydrogen-bond donors (Lipinski definition) is 2. The summed E-state index contributed by atoms with van der Waals surface area (Å²) in [4.78, 5) is 14.3. The largest absolute Gasteiger partial charge is 0.335 e. The highest BCUT2D eigenvalue weighted by Gasteiger charge is 2.40. The van der Waals surface area contributed by atoms with Gasteiger partial charge in [0.05, 0.1) is 11.3 Å². The number of nitrogens with two attached hydrogens (primary N) is 1. The van der Waals surface area contributed by atoms with Gasteiger partial charge in [-0.05, 0) is 37.3 Å². The van der Waals surface area contributed by atoms with E-state index in [9.17, 15) is 9.18 Å². The minimum absolute atomic E-state index is 0.0882. The molecule has 4 nitrogen and oxygen atoms in total. The molecule has 1 saturated heterocycles. The van der Waals surface area contributed by atoms with E-state index < -0.39 is 5.82 Å². The predicted octanol–water partition coefficient (Wildman–Crippen LogP) is 1.74. The number of likely N-dealkylation sites (tertiary alicyclic amines) is 1. The van der Waals surface area contributed by atoms with Crippen LogP contribution in [0.15, 0.2) is 18.2 Å². The lowest BCUT2D eigenvalue weighted by atomic mass is 10.1. The summed E-state index contributed by atoms with van der Waals surface area (Å²) in [6.07, 6.45) is 3.36. The van der Waals surface area contributed by atoms with Gasteiger partial charge in [0.1, 0.15) is 5.82 Å². The van der Waals surface area contributed by atoms with Crippen LogP contribution in [0.25, 0.3) is 0 Å². The number of halogens is 1. The number of carbonyl (C=O) groups is 1. The van der Waals surface area contributed by atoms with Crippen LogP contribution < -0.4 is 11.3 Å². The van der Waals surface area contributed by atoms with Gasteiger partial charge < -0.3 is 10.3 Å². The number of para-hydroxylation sites is 1. The topological polar surface area (TPSA) is 58.4 Å². The molecule has 2 unspecified atom stereocenters. The monoisotopic (exact) mass is 249 g/mol.